The lowest BCUT2D eigenvalue weighted by Gasteiger charge is -2.36. The Bertz CT molecular complexity index is 796. The molecule has 1 aromatic heterocycles. The minimum atomic E-state index is -0.452. The first-order valence-corrected chi connectivity index (χ1v) is 10.6. The number of anilines is 1. The second kappa shape index (κ2) is 7.55. The van der Waals surface area contributed by atoms with Crippen LogP contribution in [0.5, 0.6) is 0 Å². The fourth-order valence-corrected chi connectivity index (χ4v) is 4.30. The highest BCUT2D eigenvalue weighted by Crippen LogP contribution is 2.37. The third kappa shape index (κ3) is 3.61. The van der Waals surface area contributed by atoms with Crippen LogP contribution in [0.4, 0.5) is 10.2 Å². The molecule has 4 nitrogen and oxygen atoms in total. The van der Waals surface area contributed by atoms with Gasteiger partial charge in [-0.2, -0.15) is 0 Å². The van der Waals surface area contributed by atoms with Gasteiger partial charge in [0.2, 0.25) is 0 Å². The number of rotatable bonds is 5. The second-order valence-electron chi connectivity index (χ2n) is 6.62. The van der Waals surface area contributed by atoms with Gasteiger partial charge in [0.1, 0.15) is 11.3 Å². The molecule has 0 saturated heterocycles. The van der Waals surface area contributed by atoms with E-state index in [0.717, 1.165) is 19.4 Å². The molecule has 1 aliphatic carbocycles. The zero-order chi connectivity index (χ0) is 18.2. The van der Waals surface area contributed by atoms with E-state index in [0.29, 0.717) is 21.4 Å². The maximum Gasteiger partial charge on any atom is 0.189 e. The highest BCUT2D eigenvalue weighted by molar-refractivity contribution is 9.10. The lowest BCUT2D eigenvalue weighted by atomic mass is 9.96. The molecule has 0 amide bonds. The standard InChI is InChI=1S/C17H21BrClFN4S/c1-24(2)17(6-4-5-7-17)9-21-15-10-8-11(19)12(18)13(20)14(10)22-16(23-15)25-3/h8H,4-7,9H2,1-3H3,(H,21,22,23). The van der Waals surface area contributed by atoms with Crippen LogP contribution >= 0.6 is 39.3 Å². The number of halogens is 3. The third-order valence-electron chi connectivity index (χ3n) is 5.06. The Kier molecular flexibility index (Phi) is 5.78. The lowest BCUT2D eigenvalue weighted by molar-refractivity contribution is 0.172. The van der Waals surface area contributed by atoms with Crippen LogP contribution in [0.3, 0.4) is 0 Å². The van der Waals surface area contributed by atoms with Crippen LogP contribution in [0.2, 0.25) is 5.02 Å². The smallest absolute Gasteiger partial charge is 0.189 e. The molecule has 1 aromatic carbocycles. The van der Waals surface area contributed by atoms with Crippen LogP contribution in [-0.4, -0.2) is 47.3 Å². The quantitative estimate of drug-likeness (QED) is 0.388. The number of thioether (sulfide) groups is 1. The predicted molar refractivity (Wildman–Crippen MR) is 107 cm³/mol. The Balaban J connectivity index is 2.03. The van der Waals surface area contributed by atoms with Crippen LogP contribution in [0.15, 0.2) is 15.7 Å². The molecule has 8 heteroatoms. The number of nitrogens with zero attached hydrogens (tertiary/aromatic N) is 3. The van der Waals surface area contributed by atoms with Crippen molar-refractivity contribution in [3.63, 3.8) is 0 Å². The molecular formula is C17H21BrClFN4S. The summed E-state index contributed by atoms with van der Waals surface area (Å²) in [6.07, 6.45) is 6.63. The van der Waals surface area contributed by atoms with Crippen molar-refractivity contribution in [2.24, 2.45) is 0 Å². The molecule has 1 saturated carbocycles. The average molecular weight is 448 g/mol. The fourth-order valence-electron chi connectivity index (χ4n) is 3.44. The normalized spacial score (nSPS) is 16.8. The largest absolute Gasteiger partial charge is 0.368 e. The molecule has 136 valence electrons. The second-order valence-corrected chi connectivity index (χ2v) is 8.59. The summed E-state index contributed by atoms with van der Waals surface area (Å²) in [7, 11) is 4.23. The number of benzene rings is 1. The molecule has 25 heavy (non-hydrogen) atoms. The molecule has 0 spiro atoms. The van der Waals surface area contributed by atoms with Gasteiger partial charge in [-0.25, -0.2) is 14.4 Å². The SMILES string of the molecule is CSc1nc(NCC2(N(C)C)CCCC2)c2cc(Cl)c(Br)c(F)c2n1. The van der Waals surface area contributed by atoms with Gasteiger partial charge in [0.05, 0.1) is 9.50 Å². The van der Waals surface area contributed by atoms with Gasteiger partial charge in [-0.15, -0.1) is 0 Å². The molecule has 3 rings (SSSR count). The van der Waals surface area contributed by atoms with E-state index in [-0.39, 0.29) is 15.5 Å². The monoisotopic (exact) mass is 446 g/mol. The Morgan fingerprint density at radius 2 is 2.04 bits per heavy atom. The number of nitrogens with one attached hydrogen (secondary N) is 1. The minimum absolute atomic E-state index is 0.106. The Hall–Kier alpha value is -0.630. The van der Waals surface area contributed by atoms with Crippen LogP contribution in [0.1, 0.15) is 25.7 Å². The molecule has 1 N–H and O–H groups in total. The van der Waals surface area contributed by atoms with Crippen molar-refractivity contribution < 1.29 is 4.39 Å². The molecular weight excluding hydrogens is 427 g/mol. The van der Waals surface area contributed by atoms with Gasteiger partial charge in [-0.1, -0.05) is 36.2 Å². The molecule has 1 fully saturated rings. The molecule has 1 aliphatic rings. The van der Waals surface area contributed by atoms with Crippen LogP contribution < -0.4 is 5.32 Å². The van der Waals surface area contributed by atoms with E-state index >= 15 is 0 Å². The first kappa shape index (κ1) is 19.1. The first-order chi connectivity index (χ1) is 11.9. The van der Waals surface area contributed by atoms with Crippen molar-refractivity contribution in [1.82, 2.24) is 14.9 Å². The zero-order valence-electron chi connectivity index (χ0n) is 14.5. The Morgan fingerprint density at radius 3 is 2.64 bits per heavy atom. The minimum Gasteiger partial charge on any atom is -0.368 e. The van der Waals surface area contributed by atoms with Crippen LogP contribution in [0.25, 0.3) is 10.9 Å². The Labute approximate surface area is 165 Å². The number of aromatic nitrogens is 2. The molecule has 0 radical (unpaired) electrons. The van der Waals surface area contributed by atoms with E-state index in [1.54, 1.807) is 6.07 Å². The van der Waals surface area contributed by atoms with E-state index in [1.807, 2.05) is 6.26 Å². The van der Waals surface area contributed by atoms with Gasteiger partial charge in [-0.3, -0.25) is 0 Å². The number of hydrogen-bond acceptors (Lipinski definition) is 5. The van der Waals surface area contributed by atoms with Gasteiger partial charge < -0.3 is 10.2 Å². The predicted octanol–water partition coefficient (Wildman–Crippen LogP) is 5.19. The molecule has 0 atom stereocenters. The summed E-state index contributed by atoms with van der Waals surface area (Å²) < 4.78 is 14.9. The maximum atomic E-state index is 14.6. The zero-order valence-corrected chi connectivity index (χ0v) is 17.7. The lowest BCUT2D eigenvalue weighted by Crippen LogP contribution is -2.47. The Morgan fingerprint density at radius 1 is 1.36 bits per heavy atom. The average Bonchev–Trinajstić information content (AvgIpc) is 3.08. The summed E-state index contributed by atoms with van der Waals surface area (Å²) in [5.41, 5.74) is 0.387. The van der Waals surface area contributed by atoms with Crippen molar-refractivity contribution in [3.8, 4) is 0 Å². The van der Waals surface area contributed by atoms with Crippen LogP contribution in [0, 0.1) is 5.82 Å². The fraction of sp³-hybridized carbons (Fsp3) is 0.529. The maximum absolute atomic E-state index is 14.6. The van der Waals surface area contributed by atoms with Gasteiger partial charge >= 0.3 is 0 Å². The summed E-state index contributed by atoms with van der Waals surface area (Å²) in [4.78, 5) is 11.2. The number of hydrogen-bond donors (Lipinski definition) is 1. The van der Waals surface area contributed by atoms with Gasteiger partial charge in [0.15, 0.2) is 11.0 Å². The number of likely N-dealkylation sites (N-methyl/N-ethyl adjacent to an activating group) is 1. The van der Waals surface area contributed by atoms with Gasteiger partial charge in [0.25, 0.3) is 0 Å². The molecule has 1 heterocycles. The van der Waals surface area contributed by atoms with Crippen molar-refractivity contribution >= 4 is 56.0 Å². The van der Waals surface area contributed by atoms with E-state index in [1.165, 1.54) is 24.6 Å². The third-order valence-corrected chi connectivity index (χ3v) is 6.91. The van der Waals surface area contributed by atoms with Crippen molar-refractivity contribution in [2.75, 3.05) is 32.2 Å². The first-order valence-electron chi connectivity index (χ1n) is 8.18. The van der Waals surface area contributed by atoms with Crippen LogP contribution in [-0.2, 0) is 0 Å². The summed E-state index contributed by atoms with van der Waals surface area (Å²) >= 11 is 10.7. The van der Waals surface area contributed by atoms with E-state index in [9.17, 15) is 4.39 Å². The van der Waals surface area contributed by atoms with Gasteiger partial charge in [-0.05, 0) is 55.2 Å². The topological polar surface area (TPSA) is 41.1 Å². The van der Waals surface area contributed by atoms with Crippen molar-refractivity contribution in [1.29, 1.82) is 0 Å². The van der Waals surface area contributed by atoms with E-state index in [2.05, 4.69) is 50.2 Å². The summed E-state index contributed by atoms with van der Waals surface area (Å²) in [6, 6.07) is 1.72. The molecule has 2 aromatic rings. The van der Waals surface area contributed by atoms with Crippen molar-refractivity contribution in [2.45, 2.75) is 36.4 Å². The molecule has 0 aliphatic heterocycles. The summed E-state index contributed by atoms with van der Waals surface area (Å²) in [5.74, 6) is 0.183. The van der Waals surface area contributed by atoms with Crippen molar-refractivity contribution in [3.05, 3.63) is 21.4 Å². The number of fused-ring (bicyclic) bond motifs is 1. The molecule has 0 unspecified atom stereocenters. The van der Waals surface area contributed by atoms with Gasteiger partial charge in [0, 0.05) is 17.5 Å². The van der Waals surface area contributed by atoms with E-state index in [4.69, 9.17) is 11.6 Å². The summed E-state index contributed by atoms with van der Waals surface area (Å²) in [6.45, 7) is 0.759. The molecule has 0 bridgehead atoms. The highest BCUT2D eigenvalue weighted by Gasteiger charge is 2.36. The summed E-state index contributed by atoms with van der Waals surface area (Å²) in [5, 5.41) is 4.91. The highest BCUT2D eigenvalue weighted by atomic mass is 79.9. The van der Waals surface area contributed by atoms with E-state index < -0.39 is 5.82 Å².